The van der Waals surface area contributed by atoms with Gasteiger partial charge in [0.05, 0.1) is 11.1 Å². The minimum Gasteiger partial charge on any atom is -0.490 e. The quantitative estimate of drug-likeness (QED) is 0.707. The van der Waals surface area contributed by atoms with E-state index in [0.717, 1.165) is 22.4 Å². The number of nitrogens with zero attached hydrogens (tertiary/aromatic N) is 3. The van der Waals surface area contributed by atoms with E-state index < -0.39 is 0 Å². The zero-order valence-corrected chi connectivity index (χ0v) is 10.7. The molecule has 0 fully saturated rings. The molecule has 2 heterocycles. The molecule has 0 radical (unpaired) electrons. The van der Waals surface area contributed by atoms with Crippen molar-refractivity contribution in [1.29, 1.82) is 0 Å². The highest BCUT2D eigenvalue weighted by Gasteiger charge is 2.12. The van der Waals surface area contributed by atoms with Crippen LogP contribution in [-0.4, -0.2) is 26.8 Å². The maximum Gasteiger partial charge on any atom is 0.186 e. The summed E-state index contributed by atoms with van der Waals surface area (Å²) in [5.74, 6) is 1.19. The Morgan fingerprint density at radius 2 is 2.05 bits per heavy atom. The van der Waals surface area contributed by atoms with Crippen LogP contribution in [0, 0.1) is 0 Å². The summed E-state index contributed by atoms with van der Waals surface area (Å²) in [5, 5.41) is 7.80. The minimum absolute atomic E-state index is 0.408. The number of fused-ring (bicyclic) bond motifs is 1. The third-order valence-corrected chi connectivity index (χ3v) is 2.89. The fraction of sp³-hybridized carbons (Fsp3) is 0.0714. The molecule has 0 spiro atoms. The molecule has 0 aliphatic heterocycles. The van der Waals surface area contributed by atoms with E-state index in [9.17, 15) is 0 Å². The molecule has 0 unspecified atom stereocenters. The first kappa shape index (κ1) is 12.2. The van der Waals surface area contributed by atoms with Gasteiger partial charge in [-0.1, -0.05) is 12.7 Å². The molecule has 0 saturated carbocycles. The molecule has 2 aromatic heterocycles. The zero-order chi connectivity index (χ0) is 13.9. The first-order chi connectivity index (χ1) is 9.79. The van der Waals surface area contributed by atoms with Gasteiger partial charge in [-0.2, -0.15) is 5.10 Å². The standard InChI is InChI=1S/C14H13N5O/c1-2-7-20-10-5-3-9(4-6-10)12-11-13(15)16-8-17-14(11)19-18-12/h2-6,8H,1,7H2,(H3,15,16,17,18,19). The number of aromatic nitrogens is 4. The number of hydrogen-bond acceptors (Lipinski definition) is 5. The van der Waals surface area contributed by atoms with Crippen molar-refractivity contribution in [3.63, 3.8) is 0 Å². The Kier molecular flexibility index (Phi) is 3.04. The average molecular weight is 267 g/mol. The van der Waals surface area contributed by atoms with E-state index in [4.69, 9.17) is 10.5 Å². The fourth-order valence-corrected chi connectivity index (χ4v) is 1.96. The molecular formula is C14H13N5O. The van der Waals surface area contributed by atoms with Crippen molar-refractivity contribution in [3.05, 3.63) is 43.2 Å². The monoisotopic (exact) mass is 267 g/mol. The van der Waals surface area contributed by atoms with Gasteiger partial charge in [0.25, 0.3) is 0 Å². The van der Waals surface area contributed by atoms with Crippen LogP contribution < -0.4 is 10.5 Å². The van der Waals surface area contributed by atoms with Gasteiger partial charge in [-0.15, -0.1) is 0 Å². The van der Waals surface area contributed by atoms with Gasteiger partial charge in [0, 0.05) is 5.56 Å². The van der Waals surface area contributed by atoms with E-state index in [1.165, 1.54) is 6.33 Å². The van der Waals surface area contributed by atoms with Crippen LogP contribution in [0.1, 0.15) is 0 Å². The van der Waals surface area contributed by atoms with Gasteiger partial charge in [0.1, 0.15) is 24.5 Å². The Morgan fingerprint density at radius 1 is 1.25 bits per heavy atom. The number of benzene rings is 1. The van der Waals surface area contributed by atoms with Crippen molar-refractivity contribution < 1.29 is 4.74 Å². The van der Waals surface area contributed by atoms with E-state index in [0.29, 0.717) is 18.1 Å². The SMILES string of the molecule is C=CCOc1ccc(-c2[nH]nc3ncnc(N)c23)cc1. The Labute approximate surface area is 115 Å². The van der Waals surface area contributed by atoms with Gasteiger partial charge in [0.2, 0.25) is 0 Å². The number of hydrogen-bond donors (Lipinski definition) is 2. The molecule has 6 nitrogen and oxygen atoms in total. The number of nitrogen functional groups attached to an aromatic ring is 1. The molecule has 0 aliphatic rings. The molecular weight excluding hydrogens is 254 g/mol. The highest BCUT2D eigenvalue weighted by molar-refractivity contribution is 5.97. The number of ether oxygens (including phenoxy) is 1. The first-order valence-corrected chi connectivity index (χ1v) is 6.08. The lowest BCUT2D eigenvalue weighted by atomic mass is 10.1. The van der Waals surface area contributed by atoms with Gasteiger partial charge >= 0.3 is 0 Å². The second-order valence-electron chi connectivity index (χ2n) is 4.18. The summed E-state index contributed by atoms with van der Waals surface area (Å²) in [6.45, 7) is 4.09. The van der Waals surface area contributed by atoms with Gasteiger partial charge in [0.15, 0.2) is 5.65 Å². The summed E-state index contributed by atoms with van der Waals surface area (Å²) in [4.78, 5) is 8.07. The number of H-pyrrole nitrogens is 1. The topological polar surface area (TPSA) is 89.7 Å². The average Bonchev–Trinajstić information content (AvgIpc) is 2.91. The third kappa shape index (κ3) is 2.07. The molecule has 0 saturated heterocycles. The molecule has 0 atom stereocenters. The lowest BCUT2D eigenvalue weighted by Crippen LogP contribution is -1.93. The van der Waals surface area contributed by atoms with E-state index >= 15 is 0 Å². The largest absolute Gasteiger partial charge is 0.490 e. The van der Waals surface area contributed by atoms with Crippen molar-refractivity contribution in [3.8, 4) is 17.0 Å². The van der Waals surface area contributed by atoms with Crippen LogP contribution in [0.15, 0.2) is 43.2 Å². The predicted molar refractivity (Wildman–Crippen MR) is 77.2 cm³/mol. The molecule has 20 heavy (non-hydrogen) atoms. The Morgan fingerprint density at radius 3 is 2.80 bits per heavy atom. The van der Waals surface area contributed by atoms with Crippen LogP contribution in [0.4, 0.5) is 5.82 Å². The fourth-order valence-electron chi connectivity index (χ4n) is 1.96. The minimum atomic E-state index is 0.408. The lowest BCUT2D eigenvalue weighted by molar-refractivity contribution is 0.363. The summed E-state index contributed by atoms with van der Waals surface area (Å²) < 4.78 is 5.45. The summed E-state index contributed by atoms with van der Waals surface area (Å²) >= 11 is 0. The summed E-state index contributed by atoms with van der Waals surface area (Å²) in [6, 6.07) is 7.62. The smallest absolute Gasteiger partial charge is 0.186 e. The third-order valence-electron chi connectivity index (χ3n) is 2.89. The molecule has 0 bridgehead atoms. The summed E-state index contributed by atoms with van der Waals surface area (Å²) in [5.41, 5.74) is 8.19. The first-order valence-electron chi connectivity index (χ1n) is 6.08. The molecule has 0 aliphatic carbocycles. The van der Waals surface area contributed by atoms with Gasteiger partial charge in [-0.3, -0.25) is 5.10 Å². The highest BCUT2D eigenvalue weighted by Crippen LogP contribution is 2.29. The Balaban J connectivity index is 2.01. The molecule has 6 heteroatoms. The van der Waals surface area contributed by atoms with Gasteiger partial charge < -0.3 is 10.5 Å². The number of aromatic amines is 1. The molecule has 3 aromatic rings. The number of rotatable bonds is 4. The van der Waals surface area contributed by atoms with Crippen LogP contribution >= 0.6 is 0 Å². The molecule has 3 rings (SSSR count). The maximum absolute atomic E-state index is 5.89. The molecule has 0 amide bonds. The van der Waals surface area contributed by atoms with E-state index in [-0.39, 0.29) is 0 Å². The van der Waals surface area contributed by atoms with Crippen LogP contribution in [0.2, 0.25) is 0 Å². The Hall–Kier alpha value is -2.89. The van der Waals surface area contributed by atoms with Crippen LogP contribution in [0.3, 0.4) is 0 Å². The summed E-state index contributed by atoms with van der Waals surface area (Å²) in [7, 11) is 0. The van der Waals surface area contributed by atoms with E-state index in [1.807, 2.05) is 24.3 Å². The van der Waals surface area contributed by atoms with E-state index in [1.54, 1.807) is 6.08 Å². The van der Waals surface area contributed by atoms with Crippen molar-refractivity contribution in [2.45, 2.75) is 0 Å². The van der Waals surface area contributed by atoms with Crippen LogP contribution in [0.5, 0.6) is 5.75 Å². The van der Waals surface area contributed by atoms with E-state index in [2.05, 4.69) is 26.7 Å². The van der Waals surface area contributed by atoms with Gasteiger partial charge in [-0.05, 0) is 24.3 Å². The molecule has 3 N–H and O–H groups in total. The van der Waals surface area contributed by atoms with Crippen molar-refractivity contribution in [2.75, 3.05) is 12.3 Å². The molecule has 100 valence electrons. The molecule has 1 aromatic carbocycles. The van der Waals surface area contributed by atoms with Crippen molar-refractivity contribution in [2.24, 2.45) is 0 Å². The lowest BCUT2D eigenvalue weighted by Gasteiger charge is -2.04. The number of nitrogens with one attached hydrogen (secondary N) is 1. The second-order valence-corrected chi connectivity index (χ2v) is 4.18. The van der Waals surface area contributed by atoms with Crippen molar-refractivity contribution in [1.82, 2.24) is 20.2 Å². The summed E-state index contributed by atoms with van der Waals surface area (Å²) in [6.07, 6.45) is 3.10. The predicted octanol–water partition coefficient (Wildman–Crippen LogP) is 2.17. The van der Waals surface area contributed by atoms with Crippen LogP contribution in [-0.2, 0) is 0 Å². The normalized spacial score (nSPS) is 10.6. The van der Waals surface area contributed by atoms with Crippen LogP contribution in [0.25, 0.3) is 22.3 Å². The van der Waals surface area contributed by atoms with Crippen molar-refractivity contribution >= 4 is 16.9 Å². The highest BCUT2D eigenvalue weighted by atomic mass is 16.5. The Bertz CT molecular complexity index is 748. The zero-order valence-electron chi connectivity index (χ0n) is 10.7. The number of nitrogens with two attached hydrogens (primary N) is 1. The maximum atomic E-state index is 5.89. The van der Waals surface area contributed by atoms with Gasteiger partial charge in [-0.25, -0.2) is 9.97 Å². The number of anilines is 1. The second kappa shape index (κ2) is 5.00.